The van der Waals surface area contributed by atoms with Crippen LogP contribution in [0.5, 0.6) is 0 Å². The van der Waals surface area contributed by atoms with E-state index < -0.39 is 17.7 Å². The lowest BCUT2D eigenvalue weighted by molar-refractivity contribution is -0.143. The normalized spacial score (nSPS) is 11.9. The quantitative estimate of drug-likeness (QED) is 0.799. The van der Waals surface area contributed by atoms with Crippen LogP contribution in [0.1, 0.15) is 17.7 Å². The Hall–Kier alpha value is -2.08. The van der Waals surface area contributed by atoms with E-state index in [9.17, 15) is 19.1 Å². The van der Waals surface area contributed by atoms with Crippen LogP contribution >= 0.6 is 15.9 Å². The van der Waals surface area contributed by atoms with Crippen molar-refractivity contribution < 1.29 is 19.1 Å². The van der Waals surface area contributed by atoms with E-state index in [0.717, 1.165) is 0 Å². The maximum Gasteiger partial charge on any atom is 0.307 e. The number of carboxylic acids is 1. The number of halogens is 2. The summed E-state index contributed by atoms with van der Waals surface area (Å²) in [7, 11) is 0. The summed E-state index contributed by atoms with van der Waals surface area (Å²) in [5, 5.41) is 9.28. The SMILES string of the molecule is O=C(Cc1ccc(Br)cc1F)CC(Cc1ccccn1)C(=O)O. The Morgan fingerprint density at radius 1 is 1.26 bits per heavy atom. The third-order valence-electron chi connectivity index (χ3n) is 3.41. The molecule has 0 saturated heterocycles. The molecule has 0 spiro atoms. The van der Waals surface area contributed by atoms with Crippen molar-refractivity contribution in [1.29, 1.82) is 0 Å². The van der Waals surface area contributed by atoms with Crippen LogP contribution in [-0.4, -0.2) is 21.8 Å². The third kappa shape index (κ3) is 5.25. The molecule has 0 saturated carbocycles. The maximum atomic E-state index is 13.7. The molecule has 0 aliphatic heterocycles. The van der Waals surface area contributed by atoms with Crippen molar-refractivity contribution in [3.8, 4) is 0 Å². The average Bonchev–Trinajstić information content (AvgIpc) is 2.50. The summed E-state index contributed by atoms with van der Waals surface area (Å²) in [4.78, 5) is 27.5. The highest BCUT2D eigenvalue weighted by Crippen LogP contribution is 2.18. The topological polar surface area (TPSA) is 67.3 Å². The zero-order valence-electron chi connectivity index (χ0n) is 12.2. The van der Waals surface area contributed by atoms with Crippen LogP contribution < -0.4 is 0 Å². The van der Waals surface area contributed by atoms with Crippen molar-refractivity contribution in [2.75, 3.05) is 0 Å². The zero-order chi connectivity index (χ0) is 16.8. The van der Waals surface area contributed by atoms with Crippen LogP contribution in [0.4, 0.5) is 4.39 Å². The minimum Gasteiger partial charge on any atom is -0.481 e. The van der Waals surface area contributed by atoms with Crippen molar-refractivity contribution in [2.24, 2.45) is 5.92 Å². The molecule has 1 heterocycles. The Labute approximate surface area is 141 Å². The van der Waals surface area contributed by atoms with Gasteiger partial charge in [0.25, 0.3) is 0 Å². The molecular weight excluding hydrogens is 365 g/mol. The number of benzene rings is 1. The van der Waals surface area contributed by atoms with Gasteiger partial charge in [-0.05, 0) is 29.8 Å². The predicted molar refractivity (Wildman–Crippen MR) is 86.5 cm³/mol. The molecule has 1 atom stereocenters. The Balaban J connectivity index is 2.02. The summed E-state index contributed by atoms with van der Waals surface area (Å²) in [6.07, 6.45) is 1.48. The summed E-state index contributed by atoms with van der Waals surface area (Å²) < 4.78 is 14.3. The smallest absolute Gasteiger partial charge is 0.307 e. The Bertz CT molecular complexity index is 706. The van der Waals surface area contributed by atoms with Gasteiger partial charge in [0.05, 0.1) is 5.92 Å². The minimum absolute atomic E-state index is 0.120. The fourth-order valence-electron chi connectivity index (χ4n) is 2.24. The molecule has 2 rings (SSSR count). The number of nitrogens with zero attached hydrogens (tertiary/aromatic N) is 1. The van der Waals surface area contributed by atoms with Crippen molar-refractivity contribution in [3.05, 3.63) is 64.1 Å². The lowest BCUT2D eigenvalue weighted by Gasteiger charge is -2.11. The second-order valence-electron chi connectivity index (χ2n) is 5.22. The molecule has 1 aromatic carbocycles. The van der Waals surface area contributed by atoms with Crippen molar-refractivity contribution in [1.82, 2.24) is 4.98 Å². The van der Waals surface area contributed by atoms with Gasteiger partial charge in [-0.3, -0.25) is 14.6 Å². The Morgan fingerprint density at radius 2 is 2.04 bits per heavy atom. The van der Waals surface area contributed by atoms with E-state index in [1.165, 1.54) is 12.1 Å². The molecule has 0 fully saturated rings. The molecule has 0 radical (unpaired) electrons. The second-order valence-corrected chi connectivity index (χ2v) is 6.13. The molecule has 6 heteroatoms. The van der Waals surface area contributed by atoms with Crippen LogP contribution in [0.25, 0.3) is 0 Å². The molecule has 120 valence electrons. The van der Waals surface area contributed by atoms with Gasteiger partial charge in [-0.15, -0.1) is 0 Å². The number of ketones is 1. The minimum atomic E-state index is -1.06. The van der Waals surface area contributed by atoms with E-state index in [4.69, 9.17) is 0 Å². The summed E-state index contributed by atoms with van der Waals surface area (Å²) >= 11 is 3.15. The lowest BCUT2D eigenvalue weighted by atomic mass is 9.94. The monoisotopic (exact) mass is 379 g/mol. The van der Waals surface area contributed by atoms with E-state index in [2.05, 4.69) is 20.9 Å². The first kappa shape index (κ1) is 17.3. The van der Waals surface area contributed by atoms with Gasteiger partial charge in [0.1, 0.15) is 11.6 Å². The van der Waals surface area contributed by atoms with Crippen LogP contribution in [0.15, 0.2) is 47.1 Å². The van der Waals surface area contributed by atoms with Crippen molar-refractivity contribution in [2.45, 2.75) is 19.3 Å². The standard InChI is InChI=1S/C17H15BrFNO3/c18-13-5-4-11(16(19)10-13)8-15(21)9-12(17(22)23)7-14-3-1-2-6-20-14/h1-6,10,12H,7-9H2,(H,22,23). The molecule has 1 unspecified atom stereocenters. The van der Waals surface area contributed by atoms with Crippen molar-refractivity contribution >= 4 is 27.7 Å². The van der Waals surface area contributed by atoms with E-state index in [-0.39, 0.29) is 30.6 Å². The fourth-order valence-corrected chi connectivity index (χ4v) is 2.58. The molecular formula is C17H15BrFNO3. The number of Topliss-reactive ketones (excluding diaryl/α,β-unsaturated/α-hetero) is 1. The van der Waals surface area contributed by atoms with Crippen LogP contribution in [-0.2, 0) is 22.4 Å². The molecule has 0 bridgehead atoms. The van der Waals surface area contributed by atoms with Gasteiger partial charge in [-0.1, -0.05) is 28.1 Å². The maximum absolute atomic E-state index is 13.7. The Morgan fingerprint density at radius 3 is 2.65 bits per heavy atom. The van der Waals surface area contributed by atoms with Gasteiger partial charge in [0, 0.05) is 35.6 Å². The summed E-state index contributed by atoms with van der Waals surface area (Å²) in [6, 6.07) is 9.67. The second kappa shape index (κ2) is 7.97. The largest absolute Gasteiger partial charge is 0.481 e. The van der Waals surface area contributed by atoms with Gasteiger partial charge in [0.15, 0.2) is 0 Å². The number of carbonyl (C=O) groups excluding carboxylic acids is 1. The highest BCUT2D eigenvalue weighted by Gasteiger charge is 2.22. The van der Waals surface area contributed by atoms with Crippen LogP contribution in [0.2, 0.25) is 0 Å². The van der Waals surface area contributed by atoms with Gasteiger partial charge < -0.3 is 5.11 Å². The molecule has 0 aliphatic carbocycles. The third-order valence-corrected chi connectivity index (χ3v) is 3.90. The number of pyridine rings is 1. The van der Waals surface area contributed by atoms with E-state index >= 15 is 0 Å². The molecule has 4 nitrogen and oxygen atoms in total. The van der Waals surface area contributed by atoms with Gasteiger partial charge in [0.2, 0.25) is 0 Å². The van der Waals surface area contributed by atoms with Gasteiger partial charge in [-0.2, -0.15) is 0 Å². The average molecular weight is 380 g/mol. The molecule has 2 aromatic rings. The number of aromatic nitrogens is 1. The Kier molecular flexibility index (Phi) is 5.98. The van der Waals surface area contributed by atoms with E-state index in [0.29, 0.717) is 10.2 Å². The molecule has 1 N–H and O–H groups in total. The number of carbonyl (C=O) groups is 2. The number of carboxylic acid groups (broad SMARTS) is 1. The molecule has 23 heavy (non-hydrogen) atoms. The summed E-state index contributed by atoms with van der Waals surface area (Å²) in [6.45, 7) is 0. The van der Waals surface area contributed by atoms with Crippen LogP contribution in [0, 0.1) is 11.7 Å². The summed E-state index contributed by atoms with van der Waals surface area (Å²) in [5.41, 5.74) is 0.877. The van der Waals surface area contributed by atoms with Gasteiger partial charge in [-0.25, -0.2) is 4.39 Å². The first-order chi connectivity index (χ1) is 11.0. The lowest BCUT2D eigenvalue weighted by Crippen LogP contribution is -2.22. The fraction of sp³-hybridized carbons (Fsp3) is 0.235. The van der Waals surface area contributed by atoms with Gasteiger partial charge >= 0.3 is 5.97 Å². The number of rotatable bonds is 7. The molecule has 1 aromatic heterocycles. The van der Waals surface area contributed by atoms with E-state index in [1.54, 1.807) is 30.5 Å². The number of hydrogen-bond acceptors (Lipinski definition) is 3. The predicted octanol–water partition coefficient (Wildman–Crippen LogP) is 3.43. The first-order valence-electron chi connectivity index (χ1n) is 7.04. The van der Waals surface area contributed by atoms with Crippen LogP contribution in [0.3, 0.4) is 0 Å². The van der Waals surface area contributed by atoms with E-state index in [1.807, 2.05) is 0 Å². The molecule has 0 amide bonds. The number of hydrogen-bond donors (Lipinski definition) is 1. The number of aliphatic carboxylic acids is 1. The highest BCUT2D eigenvalue weighted by atomic mass is 79.9. The van der Waals surface area contributed by atoms with Crippen molar-refractivity contribution in [3.63, 3.8) is 0 Å². The highest BCUT2D eigenvalue weighted by molar-refractivity contribution is 9.10. The molecule has 0 aliphatic rings. The zero-order valence-corrected chi connectivity index (χ0v) is 13.8. The first-order valence-corrected chi connectivity index (χ1v) is 7.83. The summed E-state index contributed by atoms with van der Waals surface area (Å²) in [5.74, 6) is -2.71.